The Morgan fingerprint density at radius 1 is 1.39 bits per heavy atom. The van der Waals surface area contributed by atoms with Crippen LogP contribution >= 0.6 is 11.3 Å². The van der Waals surface area contributed by atoms with Gasteiger partial charge in [-0.3, -0.25) is 0 Å². The minimum absolute atomic E-state index is 0.394. The molecule has 1 saturated heterocycles. The summed E-state index contributed by atoms with van der Waals surface area (Å²) in [6, 6.07) is 4.23. The highest BCUT2D eigenvalue weighted by Crippen LogP contribution is 2.30. The first-order valence-electron chi connectivity index (χ1n) is 6.54. The Morgan fingerprint density at radius 2 is 2.22 bits per heavy atom. The van der Waals surface area contributed by atoms with Crippen LogP contribution in [0.2, 0.25) is 0 Å². The number of fused-ring (bicyclic) bond motifs is 1. The number of aromatic nitrogens is 1. The molecular formula is C14H19N3S. The summed E-state index contributed by atoms with van der Waals surface area (Å²) in [6.07, 6.45) is 4.37. The number of anilines is 1. The zero-order valence-corrected chi connectivity index (χ0v) is 11.5. The van der Waals surface area contributed by atoms with Crippen molar-refractivity contribution in [2.24, 2.45) is 5.41 Å². The smallest absolute Gasteiger partial charge is 0.134 e. The standard InChI is InChI=1S/C14H19N3S/c1-14(4-7-15-8-5-14)10-17-13-11-3-9-18-12(11)2-6-16-13/h2-3,6,9,15H,4-5,7-8,10H2,1H3,(H,16,17). The van der Waals surface area contributed by atoms with E-state index in [4.69, 9.17) is 0 Å². The van der Waals surface area contributed by atoms with Crippen LogP contribution in [0.3, 0.4) is 0 Å². The van der Waals surface area contributed by atoms with Gasteiger partial charge in [0.2, 0.25) is 0 Å². The Morgan fingerprint density at radius 3 is 3.06 bits per heavy atom. The highest BCUT2D eigenvalue weighted by Gasteiger charge is 2.26. The van der Waals surface area contributed by atoms with E-state index in [-0.39, 0.29) is 0 Å². The minimum atomic E-state index is 0.394. The summed E-state index contributed by atoms with van der Waals surface area (Å²) in [4.78, 5) is 4.47. The van der Waals surface area contributed by atoms with Gasteiger partial charge in [0.25, 0.3) is 0 Å². The summed E-state index contributed by atoms with van der Waals surface area (Å²) in [5.41, 5.74) is 0.394. The largest absolute Gasteiger partial charge is 0.369 e. The molecule has 3 heterocycles. The Labute approximate surface area is 112 Å². The van der Waals surface area contributed by atoms with Crippen molar-refractivity contribution in [1.29, 1.82) is 0 Å². The van der Waals surface area contributed by atoms with Crippen LogP contribution in [-0.4, -0.2) is 24.6 Å². The average Bonchev–Trinajstić information content (AvgIpc) is 2.86. The van der Waals surface area contributed by atoms with Gasteiger partial charge in [0, 0.05) is 22.8 Å². The van der Waals surface area contributed by atoms with Crippen molar-refractivity contribution in [2.75, 3.05) is 25.0 Å². The molecule has 4 heteroatoms. The van der Waals surface area contributed by atoms with E-state index in [2.05, 4.69) is 40.1 Å². The van der Waals surface area contributed by atoms with E-state index in [1.807, 2.05) is 6.20 Å². The van der Waals surface area contributed by atoms with Crippen LogP contribution < -0.4 is 10.6 Å². The lowest BCUT2D eigenvalue weighted by atomic mass is 9.81. The molecule has 0 aromatic carbocycles. The van der Waals surface area contributed by atoms with E-state index in [0.717, 1.165) is 25.5 Å². The highest BCUT2D eigenvalue weighted by atomic mass is 32.1. The number of pyridine rings is 1. The van der Waals surface area contributed by atoms with Gasteiger partial charge in [-0.1, -0.05) is 6.92 Å². The molecule has 2 aromatic heterocycles. The third-order valence-corrected chi connectivity index (χ3v) is 4.76. The molecule has 3 nitrogen and oxygen atoms in total. The molecule has 0 aliphatic carbocycles. The van der Waals surface area contributed by atoms with E-state index in [1.54, 1.807) is 11.3 Å². The van der Waals surface area contributed by atoms with E-state index < -0.39 is 0 Å². The van der Waals surface area contributed by atoms with Crippen LogP contribution in [0.1, 0.15) is 19.8 Å². The predicted octanol–water partition coefficient (Wildman–Crippen LogP) is 3.10. The van der Waals surface area contributed by atoms with Crippen molar-refractivity contribution in [3.63, 3.8) is 0 Å². The topological polar surface area (TPSA) is 37.0 Å². The van der Waals surface area contributed by atoms with Crippen LogP contribution in [-0.2, 0) is 0 Å². The summed E-state index contributed by atoms with van der Waals surface area (Å²) >= 11 is 1.77. The Hall–Kier alpha value is -1.13. The van der Waals surface area contributed by atoms with Crippen LogP contribution in [0, 0.1) is 5.41 Å². The summed E-state index contributed by atoms with van der Waals surface area (Å²) in [7, 11) is 0. The van der Waals surface area contributed by atoms with Gasteiger partial charge in [0.1, 0.15) is 5.82 Å². The normalized spacial score (nSPS) is 18.9. The molecular weight excluding hydrogens is 242 g/mol. The molecule has 0 radical (unpaired) electrons. The van der Waals surface area contributed by atoms with Gasteiger partial charge in [-0.25, -0.2) is 4.98 Å². The highest BCUT2D eigenvalue weighted by molar-refractivity contribution is 7.17. The maximum atomic E-state index is 4.47. The Balaban J connectivity index is 1.74. The third-order valence-electron chi connectivity index (χ3n) is 3.87. The number of piperidine rings is 1. The lowest BCUT2D eigenvalue weighted by molar-refractivity contribution is 0.247. The molecule has 0 saturated carbocycles. The molecule has 18 heavy (non-hydrogen) atoms. The number of nitrogens with one attached hydrogen (secondary N) is 2. The fourth-order valence-corrected chi connectivity index (χ4v) is 3.32. The Kier molecular flexibility index (Phi) is 3.22. The van der Waals surface area contributed by atoms with Gasteiger partial charge in [0.05, 0.1) is 0 Å². The number of rotatable bonds is 3. The molecule has 0 bridgehead atoms. The van der Waals surface area contributed by atoms with Crippen LogP contribution in [0.5, 0.6) is 0 Å². The third kappa shape index (κ3) is 2.35. The molecule has 0 spiro atoms. The van der Waals surface area contributed by atoms with Gasteiger partial charge in [-0.15, -0.1) is 11.3 Å². The fraction of sp³-hybridized carbons (Fsp3) is 0.500. The van der Waals surface area contributed by atoms with Crippen molar-refractivity contribution < 1.29 is 0 Å². The molecule has 96 valence electrons. The molecule has 0 amide bonds. The van der Waals surface area contributed by atoms with E-state index in [9.17, 15) is 0 Å². The van der Waals surface area contributed by atoms with Crippen molar-refractivity contribution in [3.05, 3.63) is 23.7 Å². The van der Waals surface area contributed by atoms with Crippen molar-refractivity contribution >= 4 is 27.2 Å². The maximum Gasteiger partial charge on any atom is 0.134 e. The average molecular weight is 261 g/mol. The van der Waals surface area contributed by atoms with E-state index in [1.165, 1.54) is 22.9 Å². The van der Waals surface area contributed by atoms with Crippen LogP contribution in [0.15, 0.2) is 23.7 Å². The first-order valence-corrected chi connectivity index (χ1v) is 7.42. The van der Waals surface area contributed by atoms with Gasteiger partial charge in [0.15, 0.2) is 0 Å². The number of thiophene rings is 1. The number of hydrogen-bond donors (Lipinski definition) is 2. The first kappa shape index (κ1) is 11.9. The molecule has 0 unspecified atom stereocenters. The quantitative estimate of drug-likeness (QED) is 0.891. The molecule has 0 atom stereocenters. The SMILES string of the molecule is CC1(CNc2nccc3sccc23)CCNCC1. The molecule has 2 N–H and O–H groups in total. The molecule has 2 aromatic rings. The van der Waals surface area contributed by atoms with Gasteiger partial charge in [-0.2, -0.15) is 0 Å². The van der Waals surface area contributed by atoms with Crippen LogP contribution in [0.4, 0.5) is 5.82 Å². The second-order valence-electron chi connectivity index (χ2n) is 5.41. The molecule has 1 aliphatic rings. The second kappa shape index (κ2) is 4.86. The van der Waals surface area contributed by atoms with Gasteiger partial charge < -0.3 is 10.6 Å². The zero-order valence-electron chi connectivity index (χ0n) is 10.7. The lowest BCUT2D eigenvalue weighted by Crippen LogP contribution is -2.39. The zero-order chi connectivity index (χ0) is 12.4. The van der Waals surface area contributed by atoms with Crippen molar-refractivity contribution in [1.82, 2.24) is 10.3 Å². The molecule has 1 fully saturated rings. The maximum absolute atomic E-state index is 4.47. The predicted molar refractivity (Wildman–Crippen MR) is 78.3 cm³/mol. The summed E-state index contributed by atoms with van der Waals surface area (Å²) in [5, 5.41) is 10.4. The first-order chi connectivity index (χ1) is 8.77. The van der Waals surface area contributed by atoms with E-state index >= 15 is 0 Å². The van der Waals surface area contributed by atoms with Crippen LogP contribution in [0.25, 0.3) is 10.1 Å². The Bertz CT molecular complexity index is 529. The van der Waals surface area contributed by atoms with Crippen molar-refractivity contribution in [3.8, 4) is 0 Å². The van der Waals surface area contributed by atoms with E-state index in [0.29, 0.717) is 5.41 Å². The molecule has 3 rings (SSSR count). The monoisotopic (exact) mass is 261 g/mol. The van der Waals surface area contributed by atoms with Gasteiger partial charge in [-0.05, 0) is 48.9 Å². The summed E-state index contributed by atoms with van der Waals surface area (Å²) in [5.74, 6) is 1.04. The minimum Gasteiger partial charge on any atom is -0.369 e. The molecule has 1 aliphatic heterocycles. The van der Waals surface area contributed by atoms with Gasteiger partial charge >= 0.3 is 0 Å². The summed E-state index contributed by atoms with van der Waals surface area (Å²) in [6.45, 7) is 5.65. The fourth-order valence-electron chi connectivity index (χ4n) is 2.54. The second-order valence-corrected chi connectivity index (χ2v) is 6.35. The number of nitrogens with zero attached hydrogens (tertiary/aromatic N) is 1. The summed E-state index contributed by atoms with van der Waals surface area (Å²) < 4.78 is 1.31. The lowest BCUT2D eigenvalue weighted by Gasteiger charge is -2.34. The number of hydrogen-bond acceptors (Lipinski definition) is 4. The van der Waals surface area contributed by atoms with Crippen molar-refractivity contribution in [2.45, 2.75) is 19.8 Å².